The average molecular weight is 210 g/mol. The first-order chi connectivity index (χ1) is 7.15. The first kappa shape index (κ1) is 9.93. The van der Waals surface area contributed by atoms with E-state index in [0.717, 1.165) is 0 Å². The maximum atomic E-state index is 11.5. The highest BCUT2D eigenvalue weighted by molar-refractivity contribution is 5.87. The minimum atomic E-state index is -1.03. The number of carbonyl (C=O) groups is 2. The van der Waals surface area contributed by atoms with E-state index in [-0.39, 0.29) is 12.2 Å². The molecule has 2 aliphatic rings. The SMILES string of the molecule is N#CNC(=O)C1C2CCC(O2)C1C(=O)O. The number of hydrogen-bond donors (Lipinski definition) is 2. The molecule has 0 aromatic carbocycles. The Bertz CT molecular complexity index is 349. The minimum absolute atomic E-state index is 0.343. The second kappa shape index (κ2) is 3.51. The molecular formula is C9H10N2O4. The summed E-state index contributed by atoms with van der Waals surface area (Å²) in [5.41, 5.74) is 0. The van der Waals surface area contributed by atoms with Crippen LogP contribution in [0.3, 0.4) is 0 Å². The van der Waals surface area contributed by atoms with Crippen LogP contribution in [0.5, 0.6) is 0 Å². The summed E-state index contributed by atoms with van der Waals surface area (Å²) in [6, 6.07) is 0. The van der Waals surface area contributed by atoms with Crippen LogP contribution in [0.15, 0.2) is 0 Å². The van der Waals surface area contributed by atoms with Crippen LogP contribution >= 0.6 is 0 Å². The first-order valence-electron chi connectivity index (χ1n) is 4.72. The Hall–Kier alpha value is -1.61. The highest BCUT2D eigenvalue weighted by atomic mass is 16.5. The van der Waals surface area contributed by atoms with E-state index in [4.69, 9.17) is 15.1 Å². The number of hydrogen-bond acceptors (Lipinski definition) is 4. The summed E-state index contributed by atoms with van der Waals surface area (Å²) in [7, 11) is 0. The lowest BCUT2D eigenvalue weighted by molar-refractivity contribution is -0.147. The van der Waals surface area contributed by atoms with Crippen LogP contribution < -0.4 is 5.32 Å². The van der Waals surface area contributed by atoms with Crippen molar-refractivity contribution in [3.8, 4) is 6.19 Å². The Labute approximate surface area is 85.8 Å². The fraction of sp³-hybridized carbons (Fsp3) is 0.667. The minimum Gasteiger partial charge on any atom is -0.481 e. The maximum Gasteiger partial charge on any atom is 0.310 e. The zero-order valence-corrected chi connectivity index (χ0v) is 7.84. The Kier molecular flexibility index (Phi) is 2.32. The standard InChI is InChI=1S/C9H10N2O4/c10-3-11-8(12)6-4-1-2-5(15-4)7(6)9(13)14/h4-7H,1-2H2,(H,11,12)(H,13,14). The number of nitriles is 1. The average Bonchev–Trinajstić information content (AvgIpc) is 2.76. The third-order valence-corrected chi connectivity index (χ3v) is 3.04. The van der Waals surface area contributed by atoms with Crippen molar-refractivity contribution >= 4 is 11.9 Å². The predicted molar refractivity (Wildman–Crippen MR) is 46.3 cm³/mol. The number of nitrogens with one attached hydrogen (secondary N) is 1. The topological polar surface area (TPSA) is 99.4 Å². The highest BCUT2D eigenvalue weighted by Gasteiger charge is 2.55. The molecule has 4 atom stereocenters. The molecule has 2 saturated heterocycles. The number of amides is 1. The number of carboxylic acid groups (broad SMARTS) is 1. The molecule has 6 heteroatoms. The van der Waals surface area contributed by atoms with Gasteiger partial charge in [-0.25, -0.2) is 0 Å². The van der Waals surface area contributed by atoms with Crippen molar-refractivity contribution in [1.29, 1.82) is 5.26 Å². The number of fused-ring (bicyclic) bond motifs is 2. The number of nitrogens with zero attached hydrogens (tertiary/aromatic N) is 1. The predicted octanol–water partition coefficient (Wildman–Crippen LogP) is -0.538. The quantitative estimate of drug-likeness (QED) is 0.471. The number of carbonyl (C=O) groups excluding carboxylic acids is 1. The third kappa shape index (κ3) is 1.45. The maximum absolute atomic E-state index is 11.5. The van der Waals surface area contributed by atoms with Gasteiger partial charge in [0.05, 0.1) is 24.0 Å². The molecule has 2 N–H and O–H groups in total. The molecule has 0 radical (unpaired) electrons. The van der Waals surface area contributed by atoms with E-state index in [0.29, 0.717) is 12.8 Å². The van der Waals surface area contributed by atoms with Gasteiger partial charge in [0.2, 0.25) is 5.91 Å². The van der Waals surface area contributed by atoms with Crippen LogP contribution in [-0.4, -0.2) is 29.2 Å². The number of rotatable bonds is 2. The molecule has 6 nitrogen and oxygen atoms in total. The van der Waals surface area contributed by atoms with Crippen LogP contribution in [0, 0.1) is 23.3 Å². The van der Waals surface area contributed by atoms with E-state index >= 15 is 0 Å². The van der Waals surface area contributed by atoms with Crippen molar-refractivity contribution in [2.24, 2.45) is 11.8 Å². The van der Waals surface area contributed by atoms with Gasteiger partial charge in [0.25, 0.3) is 0 Å². The molecular weight excluding hydrogens is 200 g/mol. The molecule has 2 rings (SSSR count). The molecule has 2 fully saturated rings. The summed E-state index contributed by atoms with van der Waals surface area (Å²) in [6.07, 6.45) is 2.17. The molecule has 2 bridgehead atoms. The molecule has 15 heavy (non-hydrogen) atoms. The second-order valence-electron chi connectivity index (χ2n) is 3.78. The summed E-state index contributed by atoms with van der Waals surface area (Å²) in [6.45, 7) is 0. The van der Waals surface area contributed by atoms with Crippen molar-refractivity contribution in [2.45, 2.75) is 25.0 Å². The Balaban J connectivity index is 2.19. The summed E-state index contributed by atoms with van der Waals surface area (Å²) < 4.78 is 5.38. The van der Waals surface area contributed by atoms with Crippen LogP contribution in [0.4, 0.5) is 0 Å². The molecule has 0 saturated carbocycles. The Morgan fingerprint density at radius 1 is 1.33 bits per heavy atom. The first-order valence-corrected chi connectivity index (χ1v) is 4.72. The molecule has 1 amide bonds. The van der Waals surface area contributed by atoms with Gasteiger partial charge >= 0.3 is 5.97 Å². The monoisotopic (exact) mass is 210 g/mol. The largest absolute Gasteiger partial charge is 0.481 e. The molecule has 0 spiro atoms. The van der Waals surface area contributed by atoms with E-state index in [9.17, 15) is 9.59 Å². The molecule has 2 aliphatic heterocycles. The lowest BCUT2D eigenvalue weighted by Crippen LogP contribution is -2.42. The molecule has 0 aromatic rings. The van der Waals surface area contributed by atoms with Gasteiger partial charge in [-0.05, 0) is 12.8 Å². The van der Waals surface area contributed by atoms with Crippen LogP contribution in [0.2, 0.25) is 0 Å². The van der Waals surface area contributed by atoms with Crippen LogP contribution in [0.25, 0.3) is 0 Å². The van der Waals surface area contributed by atoms with E-state index < -0.39 is 23.7 Å². The summed E-state index contributed by atoms with van der Waals surface area (Å²) in [5, 5.41) is 19.3. The number of aliphatic carboxylic acids is 1. The Morgan fingerprint density at radius 3 is 2.47 bits per heavy atom. The van der Waals surface area contributed by atoms with Gasteiger partial charge in [-0.1, -0.05) is 0 Å². The molecule has 2 heterocycles. The van der Waals surface area contributed by atoms with Gasteiger partial charge in [0.15, 0.2) is 6.19 Å². The third-order valence-electron chi connectivity index (χ3n) is 3.04. The fourth-order valence-electron chi connectivity index (χ4n) is 2.46. The van der Waals surface area contributed by atoms with Crippen molar-refractivity contribution in [2.75, 3.05) is 0 Å². The van der Waals surface area contributed by atoms with Crippen molar-refractivity contribution < 1.29 is 19.4 Å². The van der Waals surface area contributed by atoms with E-state index in [1.54, 1.807) is 0 Å². The molecule has 4 unspecified atom stereocenters. The van der Waals surface area contributed by atoms with Gasteiger partial charge in [-0.3, -0.25) is 14.9 Å². The smallest absolute Gasteiger partial charge is 0.310 e. The van der Waals surface area contributed by atoms with Crippen molar-refractivity contribution in [1.82, 2.24) is 5.32 Å². The van der Waals surface area contributed by atoms with Crippen LogP contribution in [-0.2, 0) is 14.3 Å². The molecule has 80 valence electrons. The summed E-state index contributed by atoms with van der Waals surface area (Å²) in [5.74, 6) is -3.10. The van der Waals surface area contributed by atoms with E-state index in [1.807, 2.05) is 5.32 Å². The van der Waals surface area contributed by atoms with Crippen molar-refractivity contribution in [3.05, 3.63) is 0 Å². The van der Waals surface area contributed by atoms with Gasteiger partial charge in [-0.2, -0.15) is 5.26 Å². The lowest BCUT2D eigenvalue weighted by Gasteiger charge is -2.22. The molecule has 0 aliphatic carbocycles. The zero-order chi connectivity index (χ0) is 11.0. The normalized spacial score (nSPS) is 37.3. The van der Waals surface area contributed by atoms with Gasteiger partial charge in [-0.15, -0.1) is 0 Å². The van der Waals surface area contributed by atoms with Crippen LogP contribution in [0.1, 0.15) is 12.8 Å². The van der Waals surface area contributed by atoms with Gasteiger partial charge in [0, 0.05) is 0 Å². The highest BCUT2D eigenvalue weighted by Crippen LogP contribution is 2.43. The van der Waals surface area contributed by atoms with Gasteiger partial charge < -0.3 is 9.84 Å². The summed E-state index contributed by atoms with van der Waals surface area (Å²) >= 11 is 0. The zero-order valence-electron chi connectivity index (χ0n) is 7.84. The summed E-state index contributed by atoms with van der Waals surface area (Å²) in [4.78, 5) is 22.4. The van der Waals surface area contributed by atoms with Gasteiger partial charge in [0.1, 0.15) is 0 Å². The van der Waals surface area contributed by atoms with Crippen molar-refractivity contribution in [3.63, 3.8) is 0 Å². The number of carboxylic acids is 1. The fourth-order valence-corrected chi connectivity index (χ4v) is 2.46. The number of ether oxygens (including phenoxy) is 1. The molecule has 0 aromatic heterocycles. The lowest BCUT2D eigenvalue weighted by atomic mass is 9.79. The Morgan fingerprint density at radius 2 is 1.93 bits per heavy atom. The van der Waals surface area contributed by atoms with E-state index in [1.165, 1.54) is 6.19 Å². The second-order valence-corrected chi connectivity index (χ2v) is 3.78. The van der Waals surface area contributed by atoms with E-state index in [2.05, 4.69) is 0 Å².